The van der Waals surface area contributed by atoms with Gasteiger partial charge in [0.25, 0.3) is 5.82 Å². The van der Waals surface area contributed by atoms with E-state index in [0.29, 0.717) is 11.5 Å². The first-order valence-electron chi connectivity index (χ1n) is 11.9. The maximum absolute atomic E-state index is 9.23. The van der Waals surface area contributed by atoms with Gasteiger partial charge in [-0.25, -0.2) is 15.0 Å². The van der Waals surface area contributed by atoms with Crippen molar-refractivity contribution in [2.45, 2.75) is 0 Å². The third-order valence-electron chi connectivity index (χ3n) is 6.30. The molecule has 0 radical (unpaired) electrons. The fraction of sp³-hybridized carbons (Fsp3) is 0. The molecule has 176 valence electrons. The Hall–Kier alpha value is -5.72. The van der Waals surface area contributed by atoms with Crippen LogP contribution >= 0.6 is 0 Å². The number of nitriles is 1. The summed E-state index contributed by atoms with van der Waals surface area (Å²) >= 11 is 0. The molecule has 0 spiro atoms. The number of hydrogen-bond donors (Lipinski definition) is 0. The van der Waals surface area contributed by atoms with E-state index in [0.717, 1.165) is 55.8 Å². The summed E-state index contributed by atoms with van der Waals surface area (Å²) in [5, 5.41) is 11.4. The molecule has 6 nitrogen and oxygen atoms in total. The van der Waals surface area contributed by atoms with E-state index in [4.69, 9.17) is 16.5 Å². The van der Waals surface area contributed by atoms with Crippen LogP contribution in [0.15, 0.2) is 109 Å². The molecule has 0 saturated heterocycles. The topological polar surface area (TPSA) is 79.7 Å². The highest BCUT2D eigenvalue weighted by Gasteiger charge is 2.12. The predicted octanol–water partition coefficient (Wildman–Crippen LogP) is 7.51. The monoisotopic (exact) mass is 486 g/mol. The van der Waals surface area contributed by atoms with Gasteiger partial charge in [-0.1, -0.05) is 55.1 Å². The SMILES string of the molecule is [C-]#[N+]c1cc(-c2cccc(-c3cccc4c(-c5cccc(-c6ccnc(C#N)c6)n5)cccc34)n2)ccn1. The molecule has 0 unspecified atom stereocenters. The van der Waals surface area contributed by atoms with Crippen LogP contribution in [0.25, 0.3) is 60.6 Å². The number of fused-ring (bicyclic) bond motifs is 1. The lowest BCUT2D eigenvalue weighted by atomic mass is 9.96. The number of rotatable bonds is 4. The summed E-state index contributed by atoms with van der Waals surface area (Å²) in [6.45, 7) is 7.26. The quantitative estimate of drug-likeness (QED) is 0.241. The Morgan fingerprint density at radius 3 is 1.71 bits per heavy atom. The van der Waals surface area contributed by atoms with Gasteiger partial charge in [0.1, 0.15) is 18.0 Å². The summed E-state index contributed by atoms with van der Waals surface area (Å²) in [5.74, 6) is 0.342. The standard InChI is InChI=1S/C32H18N6/c1-34-32-19-22(15-17-36-32)29-11-5-13-31(38-29)27-9-3-6-24-25(27)7-2-8-26(24)30-12-4-10-28(37-30)21-14-16-35-23(18-21)20-33/h2-19H. The predicted molar refractivity (Wildman–Crippen MR) is 148 cm³/mol. The van der Waals surface area contributed by atoms with E-state index >= 15 is 0 Å². The van der Waals surface area contributed by atoms with Crippen molar-refractivity contribution in [2.75, 3.05) is 0 Å². The fourth-order valence-electron chi connectivity index (χ4n) is 4.54. The number of pyridine rings is 4. The fourth-order valence-corrected chi connectivity index (χ4v) is 4.54. The zero-order chi connectivity index (χ0) is 25.9. The molecular weight excluding hydrogens is 468 g/mol. The van der Waals surface area contributed by atoms with Crippen molar-refractivity contribution in [3.8, 4) is 51.1 Å². The smallest absolute Gasteiger partial charge is 0.270 e. The highest BCUT2D eigenvalue weighted by Crippen LogP contribution is 2.35. The van der Waals surface area contributed by atoms with Gasteiger partial charge in [-0.05, 0) is 64.9 Å². The third kappa shape index (κ3) is 4.24. The molecule has 0 bridgehead atoms. The minimum atomic E-state index is 0.342. The highest BCUT2D eigenvalue weighted by atomic mass is 14.9. The zero-order valence-electron chi connectivity index (χ0n) is 20.1. The van der Waals surface area contributed by atoms with E-state index in [-0.39, 0.29) is 0 Å². The number of nitrogens with zero attached hydrogens (tertiary/aromatic N) is 6. The maximum Gasteiger partial charge on any atom is 0.270 e. The van der Waals surface area contributed by atoms with Crippen molar-refractivity contribution < 1.29 is 0 Å². The van der Waals surface area contributed by atoms with Gasteiger partial charge in [0.15, 0.2) is 0 Å². The van der Waals surface area contributed by atoms with Gasteiger partial charge < -0.3 is 4.85 Å². The second-order valence-corrected chi connectivity index (χ2v) is 8.58. The third-order valence-corrected chi connectivity index (χ3v) is 6.30. The molecule has 2 aromatic carbocycles. The van der Waals surface area contributed by atoms with Crippen molar-refractivity contribution >= 4 is 16.6 Å². The van der Waals surface area contributed by atoms with Crippen molar-refractivity contribution in [1.29, 1.82) is 5.26 Å². The summed E-state index contributed by atoms with van der Waals surface area (Å²) < 4.78 is 0. The molecule has 0 aliphatic rings. The van der Waals surface area contributed by atoms with Gasteiger partial charge in [0.2, 0.25) is 0 Å². The Morgan fingerprint density at radius 1 is 0.605 bits per heavy atom. The van der Waals surface area contributed by atoms with Crippen molar-refractivity contribution in [1.82, 2.24) is 19.9 Å². The Morgan fingerprint density at radius 2 is 1.13 bits per heavy atom. The lowest BCUT2D eigenvalue weighted by molar-refractivity contribution is 1.25. The molecule has 6 heteroatoms. The lowest BCUT2D eigenvalue weighted by Crippen LogP contribution is -1.92. The van der Waals surface area contributed by atoms with Crippen LogP contribution in [0.3, 0.4) is 0 Å². The van der Waals surface area contributed by atoms with E-state index in [2.05, 4.69) is 45.1 Å². The summed E-state index contributed by atoms with van der Waals surface area (Å²) in [4.78, 5) is 21.4. The van der Waals surface area contributed by atoms with Gasteiger partial charge in [-0.3, -0.25) is 0 Å². The number of aromatic nitrogens is 4. The van der Waals surface area contributed by atoms with Crippen LogP contribution in [0, 0.1) is 17.9 Å². The molecule has 0 aliphatic heterocycles. The van der Waals surface area contributed by atoms with E-state index in [1.54, 1.807) is 24.5 Å². The van der Waals surface area contributed by atoms with E-state index in [1.807, 2.05) is 60.7 Å². The van der Waals surface area contributed by atoms with Gasteiger partial charge in [0, 0.05) is 22.9 Å². The Bertz CT molecular complexity index is 1770. The average molecular weight is 487 g/mol. The molecule has 0 aliphatic carbocycles. The maximum atomic E-state index is 9.23. The van der Waals surface area contributed by atoms with Crippen LogP contribution in [0.5, 0.6) is 0 Å². The first-order chi connectivity index (χ1) is 18.7. The summed E-state index contributed by atoms with van der Waals surface area (Å²) in [6.07, 6.45) is 3.26. The molecule has 0 N–H and O–H groups in total. The van der Waals surface area contributed by atoms with Crippen LogP contribution in [0.2, 0.25) is 0 Å². The highest BCUT2D eigenvalue weighted by molar-refractivity contribution is 6.03. The summed E-state index contributed by atoms with van der Waals surface area (Å²) in [7, 11) is 0. The van der Waals surface area contributed by atoms with Gasteiger partial charge in [-0.15, -0.1) is 4.98 Å². The van der Waals surface area contributed by atoms with E-state index in [9.17, 15) is 5.26 Å². The minimum absolute atomic E-state index is 0.342. The van der Waals surface area contributed by atoms with E-state index in [1.165, 1.54) is 0 Å². The molecule has 4 aromatic heterocycles. The lowest BCUT2D eigenvalue weighted by Gasteiger charge is -2.12. The van der Waals surface area contributed by atoms with Crippen molar-refractivity contribution in [2.24, 2.45) is 0 Å². The van der Waals surface area contributed by atoms with Crippen LogP contribution in [0.4, 0.5) is 5.82 Å². The molecule has 0 fully saturated rings. The molecule has 6 aromatic rings. The summed E-state index contributed by atoms with van der Waals surface area (Å²) in [5.41, 5.74) is 7.31. The molecule has 0 saturated carbocycles. The van der Waals surface area contributed by atoms with Crippen molar-refractivity contribution in [3.63, 3.8) is 0 Å². The van der Waals surface area contributed by atoms with Crippen LogP contribution in [-0.4, -0.2) is 19.9 Å². The normalized spacial score (nSPS) is 10.6. The second kappa shape index (κ2) is 9.73. The van der Waals surface area contributed by atoms with E-state index < -0.39 is 0 Å². The van der Waals surface area contributed by atoms with Gasteiger partial charge >= 0.3 is 0 Å². The van der Waals surface area contributed by atoms with Crippen LogP contribution in [-0.2, 0) is 0 Å². The summed E-state index contributed by atoms with van der Waals surface area (Å²) in [6, 6.07) is 33.5. The Labute approximate surface area is 219 Å². The van der Waals surface area contributed by atoms with Crippen LogP contribution in [0.1, 0.15) is 5.69 Å². The molecule has 4 heterocycles. The molecule has 38 heavy (non-hydrogen) atoms. The minimum Gasteiger partial charge on any atom is -0.361 e. The van der Waals surface area contributed by atoms with Crippen molar-refractivity contribution in [3.05, 3.63) is 127 Å². The van der Waals surface area contributed by atoms with Gasteiger partial charge in [-0.2, -0.15) is 5.26 Å². The van der Waals surface area contributed by atoms with Crippen LogP contribution < -0.4 is 0 Å². The first kappa shape index (κ1) is 22.7. The average Bonchev–Trinajstić information content (AvgIpc) is 3.00. The largest absolute Gasteiger partial charge is 0.361 e. The molecule has 0 amide bonds. The first-order valence-corrected chi connectivity index (χ1v) is 11.9. The molecule has 0 atom stereocenters. The Balaban J connectivity index is 1.45. The number of hydrogen-bond acceptors (Lipinski definition) is 5. The second-order valence-electron chi connectivity index (χ2n) is 8.58. The van der Waals surface area contributed by atoms with Gasteiger partial charge in [0.05, 0.1) is 22.8 Å². The zero-order valence-corrected chi connectivity index (χ0v) is 20.1. The number of benzene rings is 2. The molecule has 6 rings (SSSR count). The Kier molecular flexibility index (Phi) is 5.82. The molecular formula is C32H18N6.